The van der Waals surface area contributed by atoms with Gasteiger partial charge in [0.1, 0.15) is 11.8 Å². The zero-order valence-electron chi connectivity index (χ0n) is 13.6. The Morgan fingerprint density at radius 3 is 2.50 bits per heavy atom. The van der Waals surface area contributed by atoms with E-state index in [-0.39, 0.29) is 24.3 Å². The Morgan fingerprint density at radius 1 is 1.27 bits per heavy atom. The lowest BCUT2D eigenvalue weighted by Gasteiger charge is -2.20. The molecule has 122 valence electrons. The topological polar surface area (TPSA) is 75.6 Å². The Kier molecular flexibility index (Phi) is 6.89. The van der Waals surface area contributed by atoms with Crippen LogP contribution in [0.3, 0.4) is 0 Å². The highest BCUT2D eigenvalue weighted by Gasteiger charge is 2.25. The normalized spacial score (nSPS) is 13.5. The van der Waals surface area contributed by atoms with Crippen molar-refractivity contribution in [2.24, 2.45) is 5.92 Å². The van der Waals surface area contributed by atoms with Gasteiger partial charge >= 0.3 is 5.97 Å². The summed E-state index contributed by atoms with van der Waals surface area (Å²) in [5.41, 5.74) is 0.795. The van der Waals surface area contributed by atoms with Crippen molar-refractivity contribution in [3.8, 4) is 5.75 Å². The zero-order chi connectivity index (χ0) is 16.7. The number of carbonyl (C=O) groups excluding carboxylic acids is 1. The van der Waals surface area contributed by atoms with Crippen LogP contribution in [0.25, 0.3) is 0 Å². The lowest BCUT2D eigenvalue weighted by molar-refractivity contribution is -0.143. The number of carboxylic acids is 1. The summed E-state index contributed by atoms with van der Waals surface area (Å²) in [6.45, 7) is 7.58. The van der Waals surface area contributed by atoms with E-state index in [9.17, 15) is 14.7 Å². The summed E-state index contributed by atoms with van der Waals surface area (Å²) in [6, 6.07) is 6.43. The van der Waals surface area contributed by atoms with Crippen molar-refractivity contribution >= 4 is 11.9 Å². The molecule has 5 heteroatoms. The van der Waals surface area contributed by atoms with Crippen LogP contribution in [0.2, 0.25) is 0 Å². The first-order valence-corrected chi connectivity index (χ1v) is 7.61. The van der Waals surface area contributed by atoms with Gasteiger partial charge in [0.2, 0.25) is 5.91 Å². The molecule has 1 amide bonds. The van der Waals surface area contributed by atoms with Gasteiger partial charge in [-0.2, -0.15) is 0 Å². The summed E-state index contributed by atoms with van der Waals surface area (Å²) in [5, 5.41) is 11.8. The summed E-state index contributed by atoms with van der Waals surface area (Å²) in [7, 11) is 0. The van der Waals surface area contributed by atoms with Crippen molar-refractivity contribution in [2.45, 2.75) is 52.7 Å². The maximum Gasteiger partial charge on any atom is 0.326 e. The number of carboxylic acid groups (broad SMARTS) is 1. The summed E-state index contributed by atoms with van der Waals surface area (Å²) in [4.78, 5) is 23.3. The van der Waals surface area contributed by atoms with E-state index in [0.29, 0.717) is 12.2 Å². The van der Waals surface area contributed by atoms with Gasteiger partial charge < -0.3 is 15.2 Å². The molecule has 0 spiro atoms. The van der Waals surface area contributed by atoms with E-state index in [1.54, 1.807) is 6.07 Å². The second-order valence-electron chi connectivity index (χ2n) is 5.76. The standard InChI is InChI=1S/C17H25NO4/c1-5-12(4)16(17(20)21)18-15(19)10-13-7-6-8-14(9-13)22-11(2)3/h6-9,11-12,16H,5,10H2,1-4H3,(H,18,19)(H,20,21)/t12-,16-/m0/s1. The number of rotatable bonds is 8. The van der Waals surface area contributed by atoms with Gasteiger partial charge in [0.05, 0.1) is 12.5 Å². The van der Waals surface area contributed by atoms with Crippen LogP contribution in [0.1, 0.15) is 39.7 Å². The highest BCUT2D eigenvalue weighted by molar-refractivity contribution is 5.85. The third-order valence-corrected chi connectivity index (χ3v) is 3.43. The molecule has 1 aromatic rings. The van der Waals surface area contributed by atoms with E-state index in [0.717, 1.165) is 5.56 Å². The molecule has 0 radical (unpaired) electrons. The smallest absolute Gasteiger partial charge is 0.326 e. The van der Waals surface area contributed by atoms with Crippen LogP contribution in [0, 0.1) is 5.92 Å². The summed E-state index contributed by atoms with van der Waals surface area (Å²) in [6.07, 6.45) is 0.885. The number of nitrogens with one attached hydrogen (secondary N) is 1. The predicted molar refractivity (Wildman–Crippen MR) is 84.9 cm³/mol. The van der Waals surface area contributed by atoms with Crippen LogP contribution in [-0.4, -0.2) is 29.1 Å². The second kappa shape index (κ2) is 8.41. The van der Waals surface area contributed by atoms with E-state index in [4.69, 9.17) is 4.74 Å². The van der Waals surface area contributed by atoms with Crippen molar-refractivity contribution in [1.29, 1.82) is 0 Å². The monoisotopic (exact) mass is 307 g/mol. The molecule has 2 N–H and O–H groups in total. The van der Waals surface area contributed by atoms with E-state index in [1.807, 2.05) is 45.9 Å². The Labute approximate surface area is 131 Å². The molecule has 0 saturated heterocycles. The largest absolute Gasteiger partial charge is 0.491 e. The Hall–Kier alpha value is -2.04. The van der Waals surface area contributed by atoms with Gasteiger partial charge in [-0.05, 0) is 37.5 Å². The molecule has 22 heavy (non-hydrogen) atoms. The van der Waals surface area contributed by atoms with Crippen molar-refractivity contribution in [3.63, 3.8) is 0 Å². The number of benzene rings is 1. The van der Waals surface area contributed by atoms with Gasteiger partial charge in [-0.15, -0.1) is 0 Å². The molecular formula is C17H25NO4. The first-order valence-electron chi connectivity index (χ1n) is 7.61. The third kappa shape index (κ3) is 5.76. The number of hydrogen-bond acceptors (Lipinski definition) is 3. The molecule has 1 rings (SSSR count). The van der Waals surface area contributed by atoms with E-state index in [2.05, 4.69) is 5.32 Å². The Balaban J connectivity index is 2.69. The fraction of sp³-hybridized carbons (Fsp3) is 0.529. The average molecular weight is 307 g/mol. The molecule has 0 saturated carbocycles. The van der Waals surface area contributed by atoms with Gasteiger partial charge in [-0.25, -0.2) is 4.79 Å². The highest BCUT2D eigenvalue weighted by Crippen LogP contribution is 2.16. The molecule has 0 aromatic heterocycles. The van der Waals surface area contributed by atoms with Crippen LogP contribution >= 0.6 is 0 Å². The van der Waals surface area contributed by atoms with Gasteiger partial charge in [0.25, 0.3) is 0 Å². The molecular weight excluding hydrogens is 282 g/mol. The van der Waals surface area contributed by atoms with Crippen LogP contribution < -0.4 is 10.1 Å². The van der Waals surface area contributed by atoms with Crippen molar-refractivity contribution < 1.29 is 19.4 Å². The number of carbonyl (C=O) groups is 2. The van der Waals surface area contributed by atoms with Crippen molar-refractivity contribution in [1.82, 2.24) is 5.32 Å². The average Bonchev–Trinajstić information content (AvgIpc) is 2.43. The highest BCUT2D eigenvalue weighted by atomic mass is 16.5. The Bertz CT molecular complexity index is 513. The minimum Gasteiger partial charge on any atom is -0.491 e. The van der Waals surface area contributed by atoms with Gasteiger partial charge in [0, 0.05) is 0 Å². The summed E-state index contributed by atoms with van der Waals surface area (Å²) in [5.74, 6) is -0.706. The first-order chi connectivity index (χ1) is 10.3. The minimum absolute atomic E-state index is 0.0610. The molecule has 2 atom stereocenters. The maximum absolute atomic E-state index is 12.1. The van der Waals surface area contributed by atoms with Crippen LogP contribution in [-0.2, 0) is 16.0 Å². The SMILES string of the molecule is CC[C@H](C)[C@H](NC(=O)Cc1cccc(OC(C)C)c1)C(=O)O. The second-order valence-corrected chi connectivity index (χ2v) is 5.76. The van der Waals surface area contributed by atoms with Gasteiger partial charge in [0.15, 0.2) is 0 Å². The van der Waals surface area contributed by atoms with Crippen LogP contribution in [0.15, 0.2) is 24.3 Å². The molecule has 0 aliphatic rings. The summed E-state index contributed by atoms with van der Waals surface area (Å²) < 4.78 is 5.59. The third-order valence-electron chi connectivity index (χ3n) is 3.43. The Morgan fingerprint density at radius 2 is 1.95 bits per heavy atom. The number of hydrogen-bond donors (Lipinski definition) is 2. The molecule has 0 heterocycles. The minimum atomic E-state index is -1.00. The molecule has 1 aromatic carbocycles. The van der Waals surface area contributed by atoms with Crippen molar-refractivity contribution in [2.75, 3.05) is 0 Å². The molecule has 5 nitrogen and oxygen atoms in total. The predicted octanol–water partition coefficient (Wildman–Crippen LogP) is 2.63. The quantitative estimate of drug-likeness (QED) is 0.774. The first kappa shape index (κ1) is 18.0. The van der Waals surface area contributed by atoms with Gasteiger partial charge in [-0.1, -0.05) is 32.4 Å². The van der Waals surface area contributed by atoms with Crippen molar-refractivity contribution in [3.05, 3.63) is 29.8 Å². The molecule has 0 fully saturated rings. The lowest BCUT2D eigenvalue weighted by atomic mass is 9.99. The van der Waals surface area contributed by atoms with Gasteiger partial charge in [-0.3, -0.25) is 4.79 Å². The van der Waals surface area contributed by atoms with E-state index < -0.39 is 12.0 Å². The maximum atomic E-state index is 12.1. The van der Waals surface area contributed by atoms with Crippen LogP contribution in [0.5, 0.6) is 5.75 Å². The number of ether oxygens (including phenoxy) is 1. The fourth-order valence-corrected chi connectivity index (χ4v) is 2.09. The number of aliphatic carboxylic acids is 1. The van der Waals surface area contributed by atoms with E-state index in [1.165, 1.54) is 0 Å². The van der Waals surface area contributed by atoms with E-state index >= 15 is 0 Å². The number of amides is 1. The zero-order valence-corrected chi connectivity index (χ0v) is 13.6. The lowest BCUT2D eigenvalue weighted by Crippen LogP contribution is -2.45. The fourth-order valence-electron chi connectivity index (χ4n) is 2.09. The summed E-state index contributed by atoms with van der Waals surface area (Å²) >= 11 is 0. The molecule has 0 unspecified atom stereocenters. The molecule has 0 bridgehead atoms. The molecule has 0 aliphatic carbocycles. The van der Waals surface area contributed by atoms with Crippen LogP contribution in [0.4, 0.5) is 0 Å². The molecule has 0 aliphatic heterocycles.